The average Bonchev–Trinajstić information content (AvgIpc) is 2.74. The van der Waals surface area contributed by atoms with Crippen molar-refractivity contribution in [2.75, 3.05) is 7.11 Å². The molecule has 0 radical (unpaired) electrons. The standard InChI is InChI=1S/C9H8BrN3O2S/c1-14-9-13-12-8(16-9)5-15-7-4-2-3-6(10)11-7/h2-4H,5H2,1H3. The van der Waals surface area contributed by atoms with Crippen LogP contribution in [0.25, 0.3) is 0 Å². The van der Waals surface area contributed by atoms with Gasteiger partial charge in [-0.3, -0.25) is 0 Å². The molecule has 2 rings (SSSR count). The van der Waals surface area contributed by atoms with Crippen LogP contribution in [0.2, 0.25) is 0 Å². The molecule has 7 heteroatoms. The van der Waals surface area contributed by atoms with E-state index in [2.05, 4.69) is 31.1 Å². The highest BCUT2D eigenvalue weighted by Crippen LogP contribution is 2.19. The van der Waals surface area contributed by atoms with Gasteiger partial charge in [-0.1, -0.05) is 22.5 Å². The fourth-order valence-electron chi connectivity index (χ4n) is 0.985. The Kier molecular flexibility index (Phi) is 3.68. The maximum Gasteiger partial charge on any atom is 0.293 e. The molecule has 84 valence electrons. The number of rotatable bonds is 4. The lowest BCUT2D eigenvalue weighted by Crippen LogP contribution is -1.96. The number of aromatic nitrogens is 3. The second-order valence-electron chi connectivity index (χ2n) is 2.75. The van der Waals surface area contributed by atoms with Crippen LogP contribution < -0.4 is 9.47 Å². The van der Waals surface area contributed by atoms with Crippen molar-refractivity contribution in [3.8, 4) is 11.1 Å². The quantitative estimate of drug-likeness (QED) is 0.811. The van der Waals surface area contributed by atoms with Gasteiger partial charge in [0.2, 0.25) is 5.88 Å². The van der Waals surface area contributed by atoms with Crippen molar-refractivity contribution < 1.29 is 9.47 Å². The summed E-state index contributed by atoms with van der Waals surface area (Å²) >= 11 is 4.61. The maximum absolute atomic E-state index is 5.44. The van der Waals surface area contributed by atoms with Crippen LogP contribution in [0.3, 0.4) is 0 Å². The van der Waals surface area contributed by atoms with Gasteiger partial charge in [0, 0.05) is 6.07 Å². The van der Waals surface area contributed by atoms with E-state index in [1.165, 1.54) is 11.3 Å². The van der Waals surface area contributed by atoms with Gasteiger partial charge in [0.15, 0.2) is 5.01 Å². The lowest BCUT2D eigenvalue weighted by Gasteiger charge is -2.01. The molecule has 5 nitrogen and oxygen atoms in total. The predicted molar refractivity (Wildman–Crippen MR) is 62.7 cm³/mol. The summed E-state index contributed by atoms with van der Waals surface area (Å²) in [6, 6.07) is 5.47. The molecule has 0 aliphatic rings. The Bertz CT molecular complexity index is 477. The molecule has 0 aliphatic heterocycles. The molecule has 2 heterocycles. The number of halogens is 1. The zero-order valence-electron chi connectivity index (χ0n) is 8.38. The van der Waals surface area contributed by atoms with Gasteiger partial charge in [-0.15, -0.1) is 5.10 Å². The molecular weight excluding hydrogens is 294 g/mol. The van der Waals surface area contributed by atoms with Gasteiger partial charge in [-0.2, -0.15) is 0 Å². The summed E-state index contributed by atoms with van der Waals surface area (Å²) in [6.07, 6.45) is 0. The summed E-state index contributed by atoms with van der Waals surface area (Å²) in [5.41, 5.74) is 0. The molecule has 0 unspecified atom stereocenters. The minimum Gasteiger partial charge on any atom is -0.472 e. The Labute approximate surface area is 105 Å². The lowest BCUT2D eigenvalue weighted by atomic mass is 10.5. The highest BCUT2D eigenvalue weighted by molar-refractivity contribution is 9.10. The van der Waals surface area contributed by atoms with Crippen LogP contribution in [0.1, 0.15) is 5.01 Å². The topological polar surface area (TPSA) is 57.1 Å². The Morgan fingerprint density at radius 3 is 2.94 bits per heavy atom. The van der Waals surface area contributed by atoms with Crippen molar-refractivity contribution in [1.82, 2.24) is 15.2 Å². The first kappa shape index (κ1) is 11.3. The summed E-state index contributed by atoms with van der Waals surface area (Å²) in [4.78, 5) is 4.13. The third kappa shape index (κ3) is 2.89. The van der Waals surface area contributed by atoms with E-state index in [1.54, 1.807) is 13.2 Å². The molecule has 0 aliphatic carbocycles. The first-order valence-electron chi connectivity index (χ1n) is 4.39. The molecule has 0 saturated heterocycles. The molecule has 0 aromatic carbocycles. The van der Waals surface area contributed by atoms with Crippen molar-refractivity contribution in [3.05, 3.63) is 27.8 Å². The van der Waals surface area contributed by atoms with Crippen molar-refractivity contribution in [2.24, 2.45) is 0 Å². The van der Waals surface area contributed by atoms with Crippen LogP contribution in [0, 0.1) is 0 Å². The van der Waals surface area contributed by atoms with Gasteiger partial charge in [-0.05, 0) is 22.0 Å². The summed E-state index contributed by atoms with van der Waals surface area (Å²) in [5, 5.41) is 8.98. The van der Waals surface area contributed by atoms with E-state index in [0.717, 1.165) is 9.61 Å². The van der Waals surface area contributed by atoms with Gasteiger partial charge >= 0.3 is 0 Å². The Hall–Kier alpha value is -1.21. The highest BCUT2D eigenvalue weighted by Gasteiger charge is 2.05. The number of methoxy groups -OCH3 is 1. The van der Waals surface area contributed by atoms with Crippen molar-refractivity contribution in [2.45, 2.75) is 6.61 Å². The Balaban J connectivity index is 1.96. The minimum atomic E-state index is 0.338. The molecule has 0 spiro atoms. The molecule has 0 fully saturated rings. The molecule has 0 N–H and O–H groups in total. The number of hydrogen-bond donors (Lipinski definition) is 0. The summed E-state index contributed by atoms with van der Waals surface area (Å²) in [5.74, 6) is 0.545. The van der Waals surface area contributed by atoms with Gasteiger partial charge < -0.3 is 9.47 Å². The Morgan fingerprint density at radius 2 is 2.25 bits per heavy atom. The normalized spacial score (nSPS) is 10.1. The van der Waals surface area contributed by atoms with E-state index >= 15 is 0 Å². The van der Waals surface area contributed by atoms with Crippen LogP contribution >= 0.6 is 27.3 Å². The van der Waals surface area contributed by atoms with E-state index in [4.69, 9.17) is 9.47 Å². The monoisotopic (exact) mass is 301 g/mol. The molecule has 2 aromatic heterocycles. The van der Waals surface area contributed by atoms with Crippen LogP contribution in [0.5, 0.6) is 11.1 Å². The van der Waals surface area contributed by atoms with Crippen molar-refractivity contribution in [3.63, 3.8) is 0 Å². The molecule has 0 atom stereocenters. The second kappa shape index (κ2) is 5.22. The highest BCUT2D eigenvalue weighted by atomic mass is 79.9. The molecule has 0 bridgehead atoms. The van der Waals surface area contributed by atoms with Crippen LogP contribution in [-0.4, -0.2) is 22.3 Å². The molecule has 0 saturated carbocycles. The average molecular weight is 302 g/mol. The largest absolute Gasteiger partial charge is 0.472 e. The van der Waals surface area contributed by atoms with Gasteiger partial charge in [0.25, 0.3) is 5.19 Å². The van der Waals surface area contributed by atoms with Crippen LogP contribution in [0.4, 0.5) is 0 Å². The third-order valence-electron chi connectivity index (χ3n) is 1.66. The second-order valence-corrected chi connectivity index (χ2v) is 4.59. The summed E-state index contributed by atoms with van der Waals surface area (Å²) in [7, 11) is 1.56. The van der Waals surface area contributed by atoms with E-state index in [-0.39, 0.29) is 0 Å². The lowest BCUT2D eigenvalue weighted by molar-refractivity contribution is 0.291. The molecule has 16 heavy (non-hydrogen) atoms. The van der Waals surface area contributed by atoms with E-state index in [0.29, 0.717) is 17.7 Å². The van der Waals surface area contributed by atoms with Gasteiger partial charge in [0.1, 0.15) is 11.2 Å². The third-order valence-corrected chi connectivity index (χ3v) is 2.96. The van der Waals surface area contributed by atoms with Gasteiger partial charge in [0.05, 0.1) is 7.11 Å². The summed E-state index contributed by atoms with van der Waals surface area (Å²) in [6.45, 7) is 0.338. The van der Waals surface area contributed by atoms with E-state index in [9.17, 15) is 0 Å². The SMILES string of the molecule is COc1nnc(COc2cccc(Br)n2)s1. The smallest absolute Gasteiger partial charge is 0.293 e. The Morgan fingerprint density at radius 1 is 1.38 bits per heavy atom. The van der Waals surface area contributed by atoms with Crippen molar-refractivity contribution >= 4 is 27.3 Å². The van der Waals surface area contributed by atoms with E-state index in [1.807, 2.05) is 12.1 Å². The van der Waals surface area contributed by atoms with Crippen LogP contribution in [-0.2, 0) is 6.61 Å². The minimum absolute atomic E-state index is 0.338. The fourth-order valence-corrected chi connectivity index (χ4v) is 1.88. The zero-order valence-corrected chi connectivity index (χ0v) is 10.8. The first-order chi connectivity index (χ1) is 7.78. The zero-order chi connectivity index (χ0) is 11.4. The molecule has 2 aromatic rings. The molecular formula is C9H8BrN3O2S. The number of ether oxygens (including phenoxy) is 2. The number of hydrogen-bond acceptors (Lipinski definition) is 6. The number of nitrogens with zero attached hydrogens (tertiary/aromatic N) is 3. The fraction of sp³-hybridized carbons (Fsp3) is 0.222. The van der Waals surface area contributed by atoms with Crippen molar-refractivity contribution in [1.29, 1.82) is 0 Å². The van der Waals surface area contributed by atoms with Crippen LogP contribution in [0.15, 0.2) is 22.8 Å². The number of pyridine rings is 1. The summed E-state index contributed by atoms with van der Waals surface area (Å²) < 4.78 is 11.1. The van der Waals surface area contributed by atoms with E-state index < -0.39 is 0 Å². The van der Waals surface area contributed by atoms with Gasteiger partial charge in [-0.25, -0.2) is 4.98 Å². The predicted octanol–water partition coefficient (Wildman–Crippen LogP) is 2.28. The molecule has 0 amide bonds. The maximum atomic E-state index is 5.44. The first-order valence-corrected chi connectivity index (χ1v) is 6.00.